The van der Waals surface area contributed by atoms with Crippen LogP contribution in [0.25, 0.3) is 10.9 Å². The summed E-state index contributed by atoms with van der Waals surface area (Å²) in [6.07, 6.45) is 1.65. The molecule has 4 rings (SSSR count). The molecule has 0 spiro atoms. The van der Waals surface area contributed by atoms with Gasteiger partial charge in [0, 0.05) is 29.1 Å². The number of carbonyl (C=O) groups is 1. The summed E-state index contributed by atoms with van der Waals surface area (Å²) in [5.74, 6) is 1.47. The zero-order valence-corrected chi connectivity index (χ0v) is 16.1. The highest BCUT2D eigenvalue weighted by Gasteiger charge is 2.17. The first kappa shape index (κ1) is 18.6. The van der Waals surface area contributed by atoms with E-state index in [4.69, 9.17) is 9.47 Å². The van der Waals surface area contributed by atoms with Gasteiger partial charge in [0.1, 0.15) is 19.0 Å². The number of amides is 1. The predicted octanol–water partition coefficient (Wildman–Crippen LogP) is 4.41. The minimum Gasteiger partial charge on any atom is -0.486 e. The van der Waals surface area contributed by atoms with Gasteiger partial charge in [-0.3, -0.25) is 9.78 Å². The Kier molecular flexibility index (Phi) is 5.34. The van der Waals surface area contributed by atoms with Gasteiger partial charge >= 0.3 is 0 Å². The molecule has 144 valence electrons. The topological polar surface area (TPSA) is 60.5 Å². The highest BCUT2D eigenvalue weighted by Crippen LogP contribution is 2.33. The van der Waals surface area contributed by atoms with Crippen LogP contribution in [0.5, 0.6) is 11.5 Å². The SMILES string of the molecule is CC(SCc1ccc(F)c2cccnc12)C(=O)Nc1ccc2c(c1)OCCO2. The Balaban J connectivity index is 1.41. The summed E-state index contributed by atoms with van der Waals surface area (Å²) in [6, 6.07) is 11.9. The number of nitrogens with one attached hydrogen (secondary N) is 1. The molecular formula is C21H19FN2O3S. The van der Waals surface area contributed by atoms with Crippen LogP contribution in [0.3, 0.4) is 0 Å². The third kappa shape index (κ3) is 3.89. The van der Waals surface area contributed by atoms with Crippen LogP contribution in [0, 0.1) is 5.82 Å². The normalized spacial score (nSPS) is 13.9. The summed E-state index contributed by atoms with van der Waals surface area (Å²) in [5.41, 5.74) is 2.20. The number of fused-ring (bicyclic) bond motifs is 2. The van der Waals surface area contributed by atoms with Gasteiger partial charge in [0.2, 0.25) is 5.91 Å². The second kappa shape index (κ2) is 8.06. The number of carbonyl (C=O) groups excluding carboxylic acids is 1. The minimum absolute atomic E-state index is 0.110. The molecule has 2 aromatic carbocycles. The Morgan fingerprint density at radius 1 is 1.21 bits per heavy atom. The number of hydrogen-bond acceptors (Lipinski definition) is 5. The van der Waals surface area contributed by atoms with E-state index in [0.29, 0.717) is 47.1 Å². The van der Waals surface area contributed by atoms with E-state index in [1.165, 1.54) is 17.8 Å². The summed E-state index contributed by atoms with van der Waals surface area (Å²) < 4.78 is 25.0. The van der Waals surface area contributed by atoms with Gasteiger partial charge in [0.25, 0.3) is 0 Å². The molecule has 1 aliphatic heterocycles. The van der Waals surface area contributed by atoms with Gasteiger partial charge in [0.05, 0.1) is 10.8 Å². The lowest BCUT2D eigenvalue weighted by Crippen LogP contribution is -2.23. The lowest BCUT2D eigenvalue weighted by molar-refractivity contribution is -0.115. The third-order valence-electron chi connectivity index (χ3n) is 4.47. The van der Waals surface area contributed by atoms with Gasteiger partial charge in [-0.15, -0.1) is 11.8 Å². The molecule has 1 unspecified atom stereocenters. The fraction of sp³-hybridized carbons (Fsp3) is 0.238. The van der Waals surface area contributed by atoms with Crippen molar-refractivity contribution in [2.45, 2.75) is 17.9 Å². The summed E-state index contributed by atoms with van der Waals surface area (Å²) >= 11 is 1.48. The van der Waals surface area contributed by atoms with Crippen molar-refractivity contribution in [3.63, 3.8) is 0 Å². The van der Waals surface area contributed by atoms with Crippen LogP contribution >= 0.6 is 11.8 Å². The number of pyridine rings is 1. The molecule has 3 aromatic rings. The molecule has 1 atom stereocenters. The fourth-order valence-corrected chi connectivity index (χ4v) is 3.84. The summed E-state index contributed by atoms with van der Waals surface area (Å²) in [6.45, 7) is 2.87. The number of anilines is 1. The number of ether oxygens (including phenoxy) is 2. The molecule has 28 heavy (non-hydrogen) atoms. The van der Waals surface area contributed by atoms with Crippen molar-refractivity contribution in [2.24, 2.45) is 0 Å². The fourth-order valence-electron chi connectivity index (χ4n) is 2.97. The van der Waals surface area contributed by atoms with E-state index in [1.54, 1.807) is 42.6 Å². The van der Waals surface area contributed by atoms with Gasteiger partial charge < -0.3 is 14.8 Å². The molecule has 1 aromatic heterocycles. The molecule has 0 saturated heterocycles. The van der Waals surface area contributed by atoms with E-state index in [1.807, 2.05) is 6.92 Å². The lowest BCUT2D eigenvalue weighted by Gasteiger charge is -2.19. The van der Waals surface area contributed by atoms with Gasteiger partial charge in [-0.25, -0.2) is 4.39 Å². The lowest BCUT2D eigenvalue weighted by atomic mass is 10.1. The van der Waals surface area contributed by atoms with Crippen LogP contribution in [0.15, 0.2) is 48.7 Å². The van der Waals surface area contributed by atoms with Crippen molar-refractivity contribution in [3.8, 4) is 11.5 Å². The molecule has 2 heterocycles. The molecule has 1 amide bonds. The van der Waals surface area contributed by atoms with Gasteiger partial charge in [-0.1, -0.05) is 6.07 Å². The van der Waals surface area contributed by atoms with E-state index >= 15 is 0 Å². The van der Waals surface area contributed by atoms with E-state index in [9.17, 15) is 9.18 Å². The number of thioether (sulfide) groups is 1. The van der Waals surface area contributed by atoms with Gasteiger partial charge in [-0.05, 0) is 42.8 Å². The van der Waals surface area contributed by atoms with Crippen LogP contribution in [-0.4, -0.2) is 29.4 Å². The first-order valence-electron chi connectivity index (χ1n) is 8.96. The maximum atomic E-state index is 13.9. The number of aromatic nitrogens is 1. The number of hydrogen-bond donors (Lipinski definition) is 1. The third-order valence-corrected chi connectivity index (χ3v) is 5.66. The van der Waals surface area contributed by atoms with E-state index in [-0.39, 0.29) is 17.0 Å². The van der Waals surface area contributed by atoms with Crippen LogP contribution in [0.2, 0.25) is 0 Å². The highest BCUT2D eigenvalue weighted by atomic mass is 32.2. The average Bonchev–Trinajstić information content (AvgIpc) is 2.73. The largest absolute Gasteiger partial charge is 0.486 e. The van der Waals surface area contributed by atoms with Crippen LogP contribution in [0.4, 0.5) is 10.1 Å². The molecule has 1 N–H and O–H groups in total. The molecule has 0 fully saturated rings. The number of rotatable bonds is 5. The van der Waals surface area contributed by atoms with Gasteiger partial charge in [0.15, 0.2) is 11.5 Å². The molecule has 0 saturated carbocycles. The molecule has 1 aliphatic rings. The predicted molar refractivity (Wildman–Crippen MR) is 109 cm³/mol. The minimum atomic E-state index is -0.294. The Morgan fingerprint density at radius 3 is 2.89 bits per heavy atom. The van der Waals surface area contributed by atoms with Crippen LogP contribution in [-0.2, 0) is 10.5 Å². The van der Waals surface area contributed by atoms with Crippen molar-refractivity contribution in [3.05, 3.63) is 60.0 Å². The standard InChI is InChI=1S/C21H19FN2O3S/c1-13(21(25)24-15-5-7-18-19(11-15)27-10-9-26-18)28-12-14-4-6-17(22)16-3-2-8-23-20(14)16/h2-8,11,13H,9-10,12H2,1H3,(H,24,25). The summed E-state index contributed by atoms with van der Waals surface area (Å²) in [4.78, 5) is 16.8. The first-order chi connectivity index (χ1) is 13.6. The zero-order valence-electron chi connectivity index (χ0n) is 15.3. The molecule has 0 bridgehead atoms. The number of benzene rings is 2. The van der Waals surface area contributed by atoms with Crippen molar-refractivity contribution < 1.29 is 18.7 Å². The van der Waals surface area contributed by atoms with E-state index in [0.717, 1.165) is 5.56 Å². The Labute approximate surface area is 166 Å². The summed E-state index contributed by atoms with van der Waals surface area (Å²) in [5, 5.41) is 3.10. The number of halogens is 1. The Bertz CT molecular complexity index is 1030. The second-order valence-electron chi connectivity index (χ2n) is 6.41. The van der Waals surface area contributed by atoms with Crippen molar-refractivity contribution in [1.29, 1.82) is 0 Å². The molecular weight excluding hydrogens is 379 g/mol. The molecule has 0 aliphatic carbocycles. The maximum absolute atomic E-state index is 13.9. The quantitative estimate of drug-likeness (QED) is 0.690. The van der Waals surface area contributed by atoms with Crippen LogP contribution in [0.1, 0.15) is 12.5 Å². The average molecular weight is 398 g/mol. The highest BCUT2D eigenvalue weighted by molar-refractivity contribution is 7.99. The smallest absolute Gasteiger partial charge is 0.237 e. The molecule has 7 heteroatoms. The molecule has 5 nitrogen and oxygen atoms in total. The zero-order chi connectivity index (χ0) is 19.5. The maximum Gasteiger partial charge on any atom is 0.237 e. The number of nitrogens with zero attached hydrogens (tertiary/aromatic N) is 1. The summed E-state index contributed by atoms with van der Waals surface area (Å²) in [7, 11) is 0. The Morgan fingerprint density at radius 2 is 2.04 bits per heavy atom. The van der Waals surface area contributed by atoms with Crippen molar-refractivity contribution >= 4 is 34.3 Å². The van der Waals surface area contributed by atoms with Gasteiger partial charge in [-0.2, -0.15) is 0 Å². The van der Waals surface area contributed by atoms with Crippen molar-refractivity contribution in [2.75, 3.05) is 18.5 Å². The first-order valence-corrected chi connectivity index (χ1v) is 10.0. The second-order valence-corrected chi connectivity index (χ2v) is 7.74. The van der Waals surface area contributed by atoms with E-state index in [2.05, 4.69) is 10.3 Å². The van der Waals surface area contributed by atoms with E-state index < -0.39 is 0 Å². The Hall–Kier alpha value is -2.80. The van der Waals surface area contributed by atoms with Crippen LogP contribution < -0.4 is 14.8 Å². The monoisotopic (exact) mass is 398 g/mol. The van der Waals surface area contributed by atoms with Crippen molar-refractivity contribution in [1.82, 2.24) is 4.98 Å². The molecule has 0 radical (unpaired) electrons.